The van der Waals surface area contributed by atoms with Gasteiger partial charge in [-0.3, -0.25) is 13.2 Å². The summed E-state index contributed by atoms with van der Waals surface area (Å²) >= 11 is 0. The maximum atomic E-state index is 12.8. The minimum Gasteiger partial charge on any atom is -0.726 e. The molecule has 60 heavy (non-hydrogen) atoms. The number of carboxylic acid groups (broad SMARTS) is 1. The van der Waals surface area contributed by atoms with Crippen LogP contribution in [0.25, 0.3) is 0 Å². The molecule has 0 aliphatic carbocycles. The van der Waals surface area contributed by atoms with Crippen LogP contribution in [0.4, 0.5) is 0 Å². The predicted molar refractivity (Wildman–Crippen MR) is 187 cm³/mol. The fourth-order valence-corrected chi connectivity index (χ4v) is 7.09. The Labute approximate surface area is 414 Å². The Balaban J connectivity index is 0.00000413. The van der Waals surface area contributed by atoms with Gasteiger partial charge in [-0.25, -0.2) is 16.8 Å². The molecule has 3 aromatic rings. The van der Waals surface area contributed by atoms with Crippen LogP contribution in [0.1, 0.15) is 23.6 Å². The number of nitrogens with one attached hydrogen (secondary N) is 1. The van der Waals surface area contributed by atoms with Crippen LogP contribution in [-0.2, 0) is 91.7 Å². The SMILES string of the molecule is CO[C@@H]1O[C@H](COS(=O)(=O)[O-])[C@H](OCc2ccccc2)[C@H](O[C@@H]2O[C@H](C(=O)[O-])[C@@H](OCc3ccccc3)[C@H](OCc3ccccc3)[C@H]2OS(=O)(=O)[O-])[C@H]1NC(C)=O.[Na+].[Na+].[Na+]. The summed E-state index contributed by atoms with van der Waals surface area (Å²) < 4.78 is 123. The average Bonchev–Trinajstić information content (AvgIpc) is 3.16. The molecule has 0 spiro atoms. The van der Waals surface area contributed by atoms with Crippen LogP contribution < -0.4 is 99.1 Å². The molecule has 1 N–H and O–H groups in total. The molecule has 0 unspecified atom stereocenters. The number of benzene rings is 3. The zero-order valence-electron chi connectivity index (χ0n) is 33.4. The zero-order chi connectivity index (χ0) is 41.2. The first-order valence-corrected chi connectivity index (χ1v) is 20.0. The van der Waals surface area contributed by atoms with E-state index >= 15 is 0 Å². The molecule has 1 amide bonds. The third kappa shape index (κ3) is 16.9. The van der Waals surface area contributed by atoms with Gasteiger partial charge >= 0.3 is 88.7 Å². The van der Waals surface area contributed by atoms with E-state index in [0.717, 1.165) is 14.0 Å². The van der Waals surface area contributed by atoms with Crippen LogP contribution in [0.15, 0.2) is 91.0 Å². The molecule has 10 atom stereocenters. The van der Waals surface area contributed by atoms with Crippen LogP contribution >= 0.6 is 0 Å². The van der Waals surface area contributed by atoms with Gasteiger partial charge in [0, 0.05) is 14.0 Å². The summed E-state index contributed by atoms with van der Waals surface area (Å²) in [7, 11) is -9.82. The van der Waals surface area contributed by atoms with Gasteiger partial charge in [-0.1, -0.05) is 91.0 Å². The third-order valence-corrected chi connectivity index (χ3v) is 9.61. The second-order valence-electron chi connectivity index (χ2n) is 12.8. The van der Waals surface area contributed by atoms with E-state index in [9.17, 15) is 40.6 Å². The van der Waals surface area contributed by atoms with Gasteiger partial charge in [0.15, 0.2) is 18.7 Å². The molecule has 24 heteroatoms. The molecule has 312 valence electrons. The second kappa shape index (κ2) is 26.1. The van der Waals surface area contributed by atoms with E-state index in [-0.39, 0.29) is 108 Å². The van der Waals surface area contributed by atoms with Crippen LogP contribution in [-0.4, -0.2) is 113 Å². The van der Waals surface area contributed by atoms with Crippen LogP contribution in [0.3, 0.4) is 0 Å². The average molecular weight is 908 g/mol. The third-order valence-electron chi connectivity index (χ3n) is 8.73. The van der Waals surface area contributed by atoms with Crippen molar-refractivity contribution in [2.75, 3.05) is 13.7 Å². The summed E-state index contributed by atoms with van der Waals surface area (Å²) in [6.45, 7) is -0.598. The summed E-state index contributed by atoms with van der Waals surface area (Å²) in [5.41, 5.74) is 1.69. The molecular weight excluding hydrogens is 867 g/mol. The van der Waals surface area contributed by atoms with E-state index in [1.54, 1.807) is 91.0 Å². The van der Waals surface area contributed by atoms with Crippen molar-refractivity contribution in [1.82, 2.24) is 5.32 Å². The minimum absolute atomic E-state index is 0. The zero-order valence-corrected chi connectivity index (χ0v) is 41.1. The second-order valence-corrected chi connectivity index (χ2v) is 14.9. The number of carboxylic acids is 1. The van der Waals surface area contributed by atoms with Gasteiger partial charge in [0.05, 0.1) is 32.4 Å². The van der Waals surface area contributed by atoms with Crippen molar-refractivity contribution in [2.24, 2.45) is 0 Å². The van der Waals surface area contributed by atoms with Gasteiger partial charge in [0.2, 0.25) is 26.7 Å². The molecule has 2 aliphatic rings. The molecule has 0 saturated carbocycles. The Bertz CT molecular complexity index is 1980. The van der Waals surface area contributed by atoms with Crippen molar-refractivity contribution in [2.45, 2.75) is 88.1 Å². The smallest absolute Gasteiger partial charge is 0.726 e. The number of rotatable bonds is 19. The summed E-state index contributed by atoms with van der Waals surface area (Å²) in [5, 5.41) is 15.4. The van der Waals surface area contributed by atoms with Crippen molar-refractivity contribution < 1.29 is 171 Å². The van der Waals surface area contributed by atoms with E-state index in [1.165, 1.54) is 0 Å². The van der Waals surface area contributed by atoms with Crippen LogP contribution in [0.2, 0.25) is 0 Å². The largest absolute Gasteiger partial charge is 1.00 e. The van der Waals surface area contributed by atoms with Gasteiger partial charge < -0.3 is 57.5 Å². The van der Waals surface area contributed by atoms with Crippen molar-refractivity contribution in [3.63, 3.8) is 0 Å². The standard InChI is InChI=1S/C36H43NO18S2.3Na/c1-22(38)37-27-29(28(48-18-23-12-6-3-7-13-23)26(52-35(27)47-2)21-51-56(41,42)43)53-36-33(55-57(44,45)46)31(50-20-25-16-10-5-11-17-25)30(32(54-36)34(39)40)49-19-24-14-8-4-9-15-24;;;/h3-17,26-33,35-36H,18-21H2,1-2H3,(H,37,38)(H,39,40)(H,41,42,43)(H,44,45,46);;;/q;3*+1/p-3/t26-,27-,28+,29-,30+,31+,32+,33-,35-,36-;;;/m1.../s1. The number of methoxy groups -OCH3 is 1. The molecular formula is C36H40NNa3O18S2. The maximum Gasteiger partial charge on any atom is 1.00 e. The summed E-state index contributed by atoms with van der Waals surface area (Å²) in [5.74, 6) is -2.54. The monoisotopic (exact) mass is 907 g/mol. The summed E-state index contributed by atoms with van der Waals surface area (Å²) in [4.78, 5) is 25.4. The Hall–Kier alpha value is -0.940. The van der Waals surface area contributed by atoms with Crippen molar-refractivity contribution in [3.8, 4) is 0 Å². The predicted octanol–water partition coefficient (Wildman–Crippen LogP) is -9.19. The first-order valence-electron chi connectivity index (χ1n) is 17.3. The van der Waals surface area contributed by atoms with E-state index in [1.807, 2.05) is 0 Å². The van der Waals surface area contributed by atoms with Crippen molar-refractivity contribution >= 4 is 32.7 Å². The first kappa shape index (κ1) is 55.2. The quantitative estimate of drug-likeness (QED) is 0.0665. The number of carbonyl (C=O) groups excluding carboxylic acids is 2. The number of hydrogen-bond donors (Lipinski definition) is 1. The normalized spacial score (nSPS) is 26.7. The van der Waals surface area contributed by atoms with E-state index in [2.05, 4.69) is 9.50 Å². The van der Waals surface area contributed by atoms with E-state index < -0.39 is 101 Å². The van der Waals surface area contributed by atoms with E-state index in [0.29, 0.717) is 16.7 Å². The Kier molecular flexibility index (Phi) is 24.0. The van der Waals surface area contributed by atoms with Crippen LogP contribution in [0, 0.1) is 0 Å². The molecule has 0 bridgehead atoms. The molecule has 2 heterocycles. The van der Waals surface area contributed by atoms with Gasteiger partial charge in [-0.15, -0.1) is 0 Å². The fourth-order valence-electron chi connectivity index (χ4n) is 6.32. The summed E-state index contributed by atoms with van der Waals surface area (Å²) in [6.07, 6.45) is -16.1. The number of hydrogen-bond acceptors (Lipinski definition) is 18. The fraction of sp³-hybridized carbons (Fsp3) is 0.444. The number of carbonyl (C=O) groups is 2. The molecule has 0 aromatic heterocycles. The van der Waals surface area contributed by atoms with Gasteiger partial charge in [0.25, 0.3) is 0 Å². The van der Waals surface area contributed by atoms with E-state index in [4.69, 9.17) is 37.3 Å². The molecule has 0 radical (unpaired) electrons. The van der Waals surface area contributed by atoms with Crippen molar-refractivity contribution in [3.05, 3.63) is 108 Å². The van der Waals surface area contributed by atoms with Gasteiger partial charge in [0.1, 0.15) is 42.7 Å². The number of amides is 1. The number of aliphatic carboxylic acids is 1. The summed E-state index contributed by atoms with van der Waals surface area (Å²) in [6, 6.07) is 24.0. The molecule has 5 rings (SSSR count). The molecule has 2 fully saturated rings. The van der Waals surface area contributed by atoms with Gasteiger partial charge in [-0.05, 0) is 16.7 Å². The Morgan fingerprint density at radius 3 is 1.53 bits per heavy atom. The minimum atomic E-state index is -5.67. The van der Waals surface area contributed by atoms with Crippen molar-refractivity contribution in [1.29, 1.82) is 0 Å². The number of ether oxygens (including phenoxy) is 7. The Morgan fingerprint density at radius 1 is 0.650 bits per heavy atom. The van der Waals surface area contributed by atoms with Crippen LogP contribution in [0.5, 0.6) is 0 Å². The van der Waals surface area contributed by atoms with Gasteiger partial charge in [-0.2, -0.15) is 0 Å². The molecule has 19 nitrogen and oxygen atoms in total. The Morgan fingerprint density at radius 2 is 1.12 bits per heavy atom. The first-order chi connectivity index (χ1) is 27.1. The maximum absolute atomic E-state index is 12.8. The molecule has 2 saturated heterocycles. The molecule has 3 aromatic carbocycles. The molecule has 2 aliphatic heterocycles. The topological polar surface area (TPSA) is 267 Å².